The smallest absolute Gasteiger partial charge is 0.0640 e. The third-order valence-corrected chi connectivity index (χ3v) is 4.25. The molecule has 0 aromatic carbocycles. The van der Waals surface area contributed by atoms with Gasteiger partial charge in [0.15, 0.2) is 0 Å². The first kappa shape index (κ1) is 14.6. The minimum absolute atomic E-state index is 0.609. The first-order valence-electron chi connectivity index (χ1n) is 8.00. The molecule has 1 aliphatic carbocycles. The molecule has 0 radical (unpaired) electrons. The first-order chi connectivity index (χ1) is 9.28. The topological polar surface area (TPSA) is 29.9 Å². The molecule has 0 bridgehead atoms. The summed E-state index contributed by atoms with van der Waals surface area (Å²) < 4.78 is 1.91. The fraction of sp³-hybridized carbons (Fsp3) is 0.812. The standard InChI is InChI=1S/C16H29N3/c1-3-10-17-16(12-14-7-5-4-6-8-14)13-15-9-11-19(2)18-15/h9,11,14,16-17H,3-8,10,12-13H2,1-2H3. The fourth-order valence-electron chi connectivity index (χ4n) is 3.24. The predicted molar refractivity (Wildman–Crippen MR) is 80.2 cm³/mol. The summed E-state index contributed by atoms with van der Waals surface area (Å²) >= 11 is 0. The maximum Gasteiger partial charge on any atom is 0.0640 e. The number of aromatic nitrogens is 2. The molecule has 3 heteroatoms. The Morgan fingerprint density at radius 3 is 2.79 bits per heavy atom. The van der Waals surface area contributed by atoms with Gasteiger partial charge < -0.3 is 5.32 Å². The van der Waals surface area contributed by atoms with Crippen LogP contribution in [0.25, 0.3) is 0 Å². The van der Waals surface area contributed by atoms with Gasteiger partial charge in [-0.05, 0) is 31.4 Å². The zero-order valence-electron chi connectivity index (χ0n) is 12.6. The molecule has 1 aromatic heterocycles. The van der Waals surface area contributed by atoms with Crippen molar-refractivity contribution in [3.63, 3.8) is 0 Å². The van der Waals surface area contributed by atoms with E-state index in [1.807, 2.05) is 17.9 Å². The Kier molecular flexibility index (Phi) is 5.90. The summed E-state index contributed by atoms with van der Waals surface area (Å²) in [6.07, 6.45) is 12.9. The highest BCUT2D eigenvalue weighted by Gasteiger charge is 2.19. The molecule has 3 nitrogen and oxygen atoms in total. The highest BCUT2D eigenvalue weighted by molar-refractivity contribution is 5.01. The van der Waals surface area contributed by atoms with Gasteiger partial charge in [0, 0.05) is 25.7 Å². The van der Waals surface area contributed by atoms with Crippen LogP contribution in [0.4, 0.5) is 0 Å². The molecule has 0 saturated heterocycles. The Labute approximate surface area is 117 Å². The number of nitrogens with zero attached hydrogens (tertiary/aromatic N) is 2. The van der Waals surface area contributed by atoms with E-state index in [2.05, 4.69) is 23.4 Å². The Morgan fingerprint density at radius 1 is 1.37 bits per heavy atom. The maximum absolute atomic E-state index is 4.53. The van der Waals surface area contributed by atoms with E-state index < -0.39 is 0 Å². The van der Waals surface area contributed by atoms with Crippen LogP contribution in [0.2, 0.25) is 0 Å². The zero-order valence-corrected chi connectivity index (χ0v) is 12.6. The van der Waals surface area contributed by atoms with Gasteiger partial charge in [0.1, 0.15) is 0 Å². The highest BCUT2D eigenvalue weighted by Crippen LogP contribution is 2.28. The van der Waals surface area contributed by atoms with Crippen molar-refractivity contribution in [2.75, 3.05) is 6.54 Å². The van der Waals surface area contributed by atoms with Gasteiger partial charge in [0.2, 0.25) is 0 Å². The summed E-state index contributed by atoms with van der Waals surface area (Å²) in [5.74, 6) is 0.937. The molecule has 1 heterocycles. The summed E-state index contributed by atoms with van der Waals surface area (Å²) in [5, 5.41) is 8.25. The number of hydrogen-bond donors (Lipinski definition) is 1. The lowest BCUT2D eigenvalue weighted by Crippen LogP contribution is -2.34. The second-order valence-electron chi connectivity index (χ2n) is 6.08. The summed E-state index contributed by atoms with van der Waals surface area (Å²) in [7, 11) is 2.00. The molecule has 1 aromatic rings. The van der Waals surface area contributed by atoms with Gasteiger partial charge in [-0.1, -0.05) is 39.0 Å². The Morgan fingerprint density at radius 2 is 2.16 bits per heavy atom. The van der Waals surface area contributed by atoms with E-state index >= 15 is 0 Å². The van der Waals surface area contributed by atoms with E-state index in [9.17, 15) is 0 Å². The van der Waals surface area contributed by atoms with Crippen LogP contribution in [-0.4, -0.2) is 22.4 Å². The van der Waals surface area contributed by atoms with Crippen molar-refractivity contribution >= 4 is 0 Å². The average Bonchev–Trinajstić information content (AvgIpc) is 2.82. The van der Waals surface area contributed by atoms with Crippen molar-refractivity contribution in [2.45, 2.75) is 64.3 Å². The Balaban J connectivity index is 1.86. The molecule has 1 fully saturated rings. The van der Waals surface area contributed by atoms with Crippen LogP contribution >= 0.6 is 0 Å². The average molecular weight is 263 g/mol. The van der Waals surface area contributed by atoms with Gasteiger partial charge in [-0.3, -0.25) is 4.68 Å². The third-order valence-electron chi connectivity index (χ3n) is 4.25. The number of nitrogens with one attached hydrogen (secondary N) is 1. The lowest BCUT2D eigenvalue weighted by molar-refractivity contribution is 0.296. The Hall–Kier alpha value is -0.830. The second-order valence-corrected chi connectivity index (χ2v) is 6.08. The van der Waals surface area contributed by atoms with Crippen LogP contribution in [0.1, 0.15) is 57.6 Å². The van der Waals surface area contributed by atoms with Crippen LogP contribution < -0.4 is 5.32 Å². The second kappa shape index (κ2) is 7.68. The van der Waals surface area contributed by atoms with Gasteiger partial charge >= 0.3 is 0 Å². The van der Waals surface area contributed by atoms with Crippen LogP contribution in [-0.2, 0) is 13.5 Å². The molecule has 2 rings (SSSR count). The summed E-state index contributed by atoms with van der Waals surface area (Å²) in [5.41, 5.74) is 1.23. The molecule has 0 spiro atoms. The van der Waals surface area contributed by atoms with Gasteiger partial charge in [0.05, 0.1) is 5.69 Å². The van der Waals surface area contributed by atoms with Crippen LogP contribution in [0.5, 0.6) is 0 Å². The molecular weight excluding hydrogens is 234 g/mol. The van der Waals surface area contributed by atoms with Crippen molar-refractivity contribution in [3.8, 4) is 0 Å². The summed E-state index contributed by atoms with van der Waals surface area (Å²) in [6, 6.07) is 2.76. The van der Waals surface area contributed by atoms with Crippen LogP contribution in [0.3, 0.4) is 0 Å². The number of hydrogen-bond acceptors (Lipinski definition) is 2. The minimum atomic E-state index is 0.609. The molecular formula is C16H29N3. The molecule has 0 amide bonds. The van der Waals surface area contributed by atoms with Crippen molar-refractivity contribution in [2.24, 2.45) is 13.0 Å². The quantitative estimate of drug-likeness (QED) is 0.818. The number of aryl methyl sites for hydroxylation is 1. The monoisotopic (exact) mass is 263 g/mol. The molecule has 19 heavy (non-hydrogen) atoms. The SMILES string of the molecule is CCCNC(Cc1ccn(C)n1)CC1CCCCC1. The molecule has 1 unspecified atom stereocenters. The largest absolute Gasteiger partial charge is 0.314 e. The summed E-state index contributed by atoms with van der Waals surface area (Å²) in [4.78, 5) is 0. The van der Waals surface area contributed by atoms with Gasteiger partial charge in [-0.25, -0.2) is 0 Å². The molecule has 1 saturated carbocycles. The predicted octanol–water partition coefficient (Wildman–Crippen LogP) is 3.30. The fourth-order valence-corrected chi connectivity index (χ4v) is 3.24. The van der Waals surface area contributed by atoms with E-state index in [1.54, 1.807) is 0 Å². The Bertz CT molecular complexity index is 353. The van der Waals surface area contributed by atoms with Crippen LogP contribution in [0.15, 0.2) is 12.3 Å². The molecule has 1 aliphatic rings. The van der Waals surface area contributed by atoms with E-state index in [0.29, 0.717) is 6.04 Å². The third kappa shape index (κ3) is 4.98. The molecule has 108 valence electrons. The first-order valence-corrected chi connectivity index (χ1v) is 8.00. The minimum Gasteiger partial charge on any atom is -0.314 e. The summed E-state index contributed by atoms with van der Waals surface area (Å²) in [6.45, 7) is 3.37. The highest BCUT2D eigenvalue weighted by atomic mass is 15.2. The lowest BCUT2D eigenvalue weighted by Gasteiger charge is -2.27. The van der Waals surface area contributed by atoms with E-state index in [-0.39, 0.29) is 0 Å². The molecule has 1 N–H and O–H groups in total. The van der Waals surface area contributed by atoms with Crippen molar-refractivity contribution in [1.29, 1.82) is 0 Å². The lowest BCUT2D eigenvalue weighted by atomic mass is 9.84. The van der Waals surface area contributed by atoms with Crippen LogP contribution in [0, 0.1) is 5.92 Å². The number of rotatable bonds is 7. The van der Waals surface area contributed by atoms with E-state index in [1.165, 1.54) is 50.6 Å². The van der Waals surface area contributed by atoms with Gasteiger partial charge in [-0.15, -0.1) is 0 Å². The molecule has 1 atom stereocenters. The van der Waals surface area contributed by atoms with E-state index in [4.69, 9.17) is 0 Å². The van der Waals surface area contributed by atoms with E-state index in [0.717, 1.165) is 18.9 Å². The van der Waals surface area contributed by atoms with Gasteiger partial charge in [-0.2, -0.15) is 5.10 Å². The van der Waals surface area contributed by atoms with Crippen molar-refractivity contribution < 1.29 is 0 Å². The normalized spacial score (nSPS) is 18.6. The molecule has 0 aliphatic heterocycles. The maximum atomic E-state index is 4.53. The van der Waals surface area contributed by atoms with Crippen molar-refractivity contribution in [1.82, 2.24) is 15.1 Å². The zero-order chi connectivity index (χ0) is 13.5. The van der Waals surface area contributed by atoms with Gasteiger partial charge in [0.25, 0.3) is 0 Å². The van der Waals surface area contributed by atoms with Crippen molar-refractivity contribution in [3.05, 3.63) is 18.0 Å².